The number of aryl methyl sites for hydroxylation is 2. The van der Waals surface area contributed by atoms with Crippen LogP contribution in [-0.4, -0.2) is 12.9 Å². The molecule has 0 atom stereocenters. The summed E-state index contributed by atoms with van der Waals surface area (Å²) in [6, 6.07) is 3.98. The molecule has 0 aliphatic heterocycles. The normalized spacial score (nSPS) is 18.1. The summed E-state index contributed by atoms with van der Waals surface area (Å²) in [7, 11) is 1.65. The zero-order valence-electron chi connectivity index (χ0n) is 10.4. The maximum atomic E-state index is 12.3. The second-order valence-corrected chi connectivity index (χ2v) is 5.19. The number of ether oxygens (including phenoxy) is 1. The van der Waals surface area contributed by atoms with Gasteiger partial charge in [-0.2, -0.15) is 0 Å². The molecule has 2 heteroatoms. The minimum Gasteiger partial charge on any atom is -0.496 e. The maximum absolute atomic E-state index is 12.3. The highest BCUT2D eigenvalue weighted by Crippen LogP contribution is 2.37. The van der Waals surface area contributed by atoms with Crippen LogP contribution in [0.1, 0.15) is 41.8 Å². The van der Waals surface area contributed by atoms with Crippen molar-refractivity contribution in [3.8, 4) is 5.75 Å². The van der Waals surface area contributed by atoms with E-state index < -0.39 is 0 Å². The van der Waals surface area contributed by atoms with Crippen LogP contribution in [0.5, 0.6) is 5.75 Å². The number of rotatable bonds is 1. The molecule has 2 nitrogen and oxygen atoms in total. The van der Waals surface area contributed by atoms with Gasteiger partial charge >= 0.3 is 0 Å². The Morgan fingerprint density at radius 2 is 2.00 bits per heavy atom. The van der Waals surface area contributed by atoms with Gasteiger partial charge in [0, 0.05) is 11.0 Å². The van der Waals surface area contributed by atoms with Crippen molar-refractivity contribution >= 4 is 5.78 Å². The van der Waals surface area contributed by atoms with E-state index in [1.807, 2.05) is 26.8 Å². The molecule has 0 fully saturated rings. The number of benzene rings is 1. The predicted octanol–water partition coefficient (Wildman–Crippen LogP) is 3.16. The fraction of sp³-hybridized carbons (Fsp3) is 0.500. The number of methoxy groups -OCH3 is 1. The molecule has 0 N–H and O–H groups in total. The van der Waals surface area contributed by atoms with E-state index in [9.17, 15) is 4.79 Å². The van der Waals surface area contributed by atoms with Gasteiger partial charge in [-0.05, 0) is 37.0 Å². The molecular weight excluding hydrogens is 200 g/mol. The van der Waals surface area contributed by atoms with Gasteiger partial charge in [0.2, 0.25) is 0 Å². The van der Waals surface area contributed by atoms with Gasteiger partial charge in [0.1, 0.15) is 5.75 Å². The summed E-state index contributed by atoms with van der Waals surface area (Å²) in [5.41, 5.74) is 2.89. The maximum Gasteiger partial charge on any atom is 0.168 e. The third-order valence-electron chi connectivity index (χ3n) is 3.50. The van der Waals surface area contributed by atoms with Crippen molar-refractivity contribution in [3.63, 3.8) is 0 Å². The van der Waals surface area contributed by atoms with Crippen LogP contribution in [0.15, 0.2) is 12.1 Å². The summed E-state index contributed by atoms with van der Waals surface area (Å²) in [4.78, 5) is 12.3. The fourth-order valence-corrected chi connectivity index (χ4v) is 2.31. The van der Waals surface area contributed by atoms with Crippen LogP contribution >= 0.6 is 0 Å². The predicted molar refractivity (Wildman–Crippen MR) is 64.2 cm³/mol. The number of ketones is 1. The first-order valence-electron chi connectivity index (χ1n) is 5.68. The lowest BCUT2D eigenvalue weighted by atomic mass is 9.73. The van der Waals surface area contributed by atoms with E-state index in [2.05, 4.69) is 6.07 Å². The van der Waals surface area contributed by atoms with E-state index in [0.717, 1.165) is 29.7 Å². The van der Waals surface area contributed by atoms with Crippen LogP contribution in [0.25, 0.3) is 0 Å². The van der Waals surface area contributed by atoms with Crippen molar-refractivity contribution in [2.24, 2.45) is 5.41 Å². The van der Waals surface area contributed by atoms with Crippen LogP contribution in [0, 0.1) is 12.3 Å². The minimum atomic E-state index is -0.229. The smallest absolute Gasteiger partial charge is 0.168 e. The molecule has 86 valence electrons. The Morgan fingerprint density at radius 3 is 2.62 bits per heavy atom. The Hall–Kier alpha value is -1.31. The van der Waals surface area contributed by atoms with Crippen molar-refractivity contribution in [1.29, 1.82) is 0 Å². The van der Waals surface area contributed by atoms with E-state index >= 15 is 0 Å². The topological polar surface area (TPSA) is 26.3 Å². The summed E-state index contributed by atoms with van der Waals surface area (Å²) in [6.07, 6.45) is 1.92. The van der Waals surface area contributed by atoms with Gasteiger partial charge in [-0.25, -0.2) is 0 Å². The van der Waals surface area contributed by atoms with Gasteiger partial charge in [-0.1, -0.05) is 19.9 Å². The van der Waals surface area contributed by atoms with Crippen molar-refractivity contribution in [2.45, 2.75) is 33.6 Å². The summed E-state index contributed by atoms with van der Waals surface area (Å²) in [5, 5.41) is 0. The molecule has 0 aromatic heterocycles. The molecule has 16 heavy (non-hydrogen) atoms. The summed E-state index contributed by atoms with van der Waals surface area (Å²) in [6.45, 7) is 6.05. The molecule has 0 amide bonds. The second kappa shape index (κ2) is 3.62. The van der Waals surface area contributed by atoms with Gasteiger partial charge in [-0.3, -0.25) is 4.79 Å². The lowest BCUT2D eigenvalue weighted by molar-refractivity contribution is 0.0810. The van der Waals surface area contributed by atoms with Crippen LogP contribution < -0.4 is 4.74 Å². The van der Waals surface area contributed by atoms with E-state index in [1.165, 1.54) is 5.56 Å². The molecule has 0 bridgehead atoms. The largest absolute Gasteiger partial charge is 0.496 e. The number of Topliss-reactive ketones (excluding diaryl/α,β-unsaturated/α-hetero) is 1. The lowest BCUT2D eigenvalue weighted by Crippen LogP contribution is -2.30. The molecule has 1 aliphatic carbocycles. The number of hydrogen-bond acceptors (Lipinski definition) is 2. The van der Waals surface area contributed by atoms with Crippen LogP contribution in [-0.2, 0) is 6.42 Å². The quantitative estimate of drug-likeness (QED) is 0.723. The third kappa shape index (κ3) is 1.62. The fourth-order valence-electron chi connectivity index (χ4n) is 2.31. The number of hydrogen-bond donors (Lipinski definition) is 0. The average molecular weight is 218 g/mol. The molecular formula is C14H18O2. The SMILES string of the molecule is COc1cc2c(cc1C)CCC(C)(C)C2=O. The highest BCUT2D eigenvalue weighted by atomic mass is 16.5. The number of carbonyl (C=O) groups excluding carboxylic acids is 1. The summed E-state index contributed by atoms with van der Waals surface area (Å²) < 4.78 is 5.28. The Morgan fingerprint density at radius 1 is 1.31 bits per heavy atom. The second-order valence-electron chi connectivity index (χ2n) is 5.19. The van der Waals surface area contributed by atoms with Gasteiger partial charge in [0.25, 0.3) is 0 Å². The Kier molecular flexibility index (Phi) is 2.53. The molecule has 0 saturated heterocycles. The van der Waals surface area contributed by atoms with Crippen molar-refractivity contribution < 1.29 is 9.53 Å². The van der Waals surface area contributed by atoms with E-state index in [1.54, 1.807) is 7.11 Å². The van der Waals surface area contributed by atoms with Crippen molar-refractivity contribution in [1.82, 2.24) is 0 Å². The molecule has 0 unspecified atom stereocenters. The van der Waals surface area contributed by atoms with Crippen molar-refractivity contribution in [2.75, 3.05) is 7.11 Å². The van der Waals surface area contributed by atoms with Gasteiger partial charge in [0.15, 0.2) is 5.78 Å². The first-order valence-corrected chi connectivity index (χ1v) is 5.68. The van der Waals surface area contributed by atoms with E-state index in [0.29, 0.717) is 0 Å². The molecule has 1 aromatic rings. The third-order valence-corrected chi connectivity index (χ3v) is 3.50. The number of fused-ring (bicyclic) bond motifs is 1. The minimum absolute atomic E-state index is 0.229. The van der Waals surface area contributed by atoms with Gasteiger partial charge < -0.3 is 4.74 Å². The monoisotopic (exact) mass is 218 g/mol. The summed E-state index contributed by atoms with van der Waals surface area (Å²) >= 11 is 0. The standard InChI is InChI=1S/C14H18O2/c1-9-7-10-5-6-14(2,3)13(15)11(10)8-12(9)16-4/h7-8H,5-6H2,1-4H3. The molecule has 1 aromatic carbocycles. The Bertz CT molecular complexity index is 444. The molecule has 0 spiro atoms. The molecule has 2 rings (SSSR count). The molecule has 1 aliphatic rings. The Labute approximate surface area is 96.6 Å². The highest BCUT2D eigenvalue weighted by Gasteiger charge is 2.34. The van der Waals surface area contributed by atoms with Gasteiger partial charge in [0.05, 0.1) is 7.11 Å². The van der Waals surface area contributed by atoms with Crippen LogP contribution in [0.2, 0.25) is 0 Å². The first-order chi connectivity index (χ1) is 7.45. The highest BCUT2D eigenvalue weighted by molar-refractivity contribution is 6.02. The van der Waals surface area contributed by atoms with Crippen LogP contribution in [0.4, 0.5) is 0 Å². The zero-order chi connectivity index (χ0) is 11.9. The van der Waals surface area contributed by atoms with Crippen LogP contribution in [0.3, 0.4) is 0 Å². The number of carbonyl (C=O) groups is 1. The first kappa shape index (κ1) is 11.2. The van der Waals surface area contributed by atoms with E-state index in [4.69, 9.17) is 4.74 Å². The lowest BCUT2D eigenvalue weighted by Gasteiger charge is -2.30. The molecule has 0 saturated carbocycles. The summed E-state index contributed by atoms with van der Waals surface area (Å²) in [5.74, 6) is 1.05. The molecule has 0 radical (unpaired) electrons. The Balaban J connectivity index is 2.56. The zero-order valence-corrected chi connectivity index (χ0v) is 10.4. The average Bonchev–Trinajstić information content (AvgIpc) is 2.24. The van der Waals surface area contributed by atoms with E-state index in [-0.39, 0.29) is 11.2 Å². The van der Waals surface area contributed by atoms with Gasteiger partial charge in [-0.15, -0.1) is 0 Å². The molecule has 0 heterocycles. The van der Waals surface area contributed by atoms with Crippen molar-refractivity contribution in [3.05, 3.63) is 28.8 Å².